The fourth-order valence-corrected chi connectivity index (χ4v) is 5.63. The van der Waals surface area contributed by atoms with Gasteiger partial charge in [-0.25, -0.2) is 4.79 Å². The molecule has 2 aromatic carbocycles. The molecule has 0 bridgehead atoms. The summed E-state index contributed by atoms with van der Waals surface area (Å²) >= 11 is 0. The van der Waals surface area contributed by atoms with Gasteiger partial charge in [0.15, 0.2) is 0 Å². The summed E-state index contributed by atoms with van der Waals surface area (Å²) in [5.41, 5.74) is 5.09. The Morgan fingerprint density at radius 2 is 1.68 bits per heavy atom. The molecule has 3 heterocycles. The number of aryl methyl sites for hydroxylation is 1. The maximum absolute atomic E-state index is 12.3. The number of fused-ring (bicyclic) bond motifs is 2. The molecule has 286 valence electrons. The maximum atomic E-state index is 12.3. The molecular formula is C35H52B2KN4O11-. The van der Waals surface area contributed by atoms with E-state index in [2.05, 4.69) is 22.0 Å². The second-order valence-corrected chi connectivity index (χ2v) is 11.9. The first-order valence-corrected chi connectivity index (χ1v) is 17.3. The van der Waals surface area contributed by atoms with Crippen molar-refractivity contribution in [3.8, 4) is 0 Å². The molecule has 6 N–H and O–H groups in total. The van der Waals surface area contributed by atoms with Gasteiger partial charge in [-0.1, -0.05) is 44.0 Å². The molecule has 4 aliphatic rings. The molecule has 3 atom stereocenters. The van der Waals surface area contributed by atoms with Gasteiger partial charge in [0.2, 0.25) is 12.3 Å². The van der Waals surface area contributed by atoms with E-state index in [1.165, 1.54) is 7.05 Å². The zero-order valence-electron chi connectivity index (χ0n) is 31.6. The molecule has 0 aromatic heterocycles. The fourth-order valence-electron chi connectivity index (χ4n) is 5.63. The van der Waals surface area contributed by atoms with E-state index in [1.54, 1.807) is 13.1 Å². The third kappa shape index (κ3) is 16.8. The molecule has 1 aliphatic carbocycles. The molecule has 2 aromatic rings. The zero-order chi connectivity index (χ0) is 37.8. The van der Waals surface area contributed by atoms with Gasteiger partial charge in [-0.05, 0) is 50.2 Å². The van der Waals surface area contributed by atoms with Crippen molar-refractivity contribution >= 4 is 55.6 Å². The number of hydrogen-bond acceptors (Lipinski definition) is 12. The Labute approximate surface area is 355 Å². The summed E-state index contributed by atoms with van der Waals surface area (Å²) in [6.45, 7) is 7.90. The predicted octanol–water partition coefficient (Wildman–Crippen LogP) is -2.95. The first kappa shape index (κ1) is 50.5. The number of carbonyl (C=O) groups excluding carboxylic acids is 5. The molecule has 0 spiro atoms. The van der Waals surface area contributed by atoms with E-state index in [4.69, 9.17) is 24.0 Å². The van der Waals surface area contributed by atoms with Crippen LogP contribution in [0.1, 0.15) is 75.5 Å². The summed E-state index contributed by atoms with van der Waals surface area (Å²) in [6, 6.07) is 13.9. The third-order valence-corrected chi connectivity index (χ3v) is 8.31. The number of hydrogen-bond donors (Lipinski definition) is 5. The van der Waals surface area contributed by atoms with Crippen molar-refractivity contribution in [1.29, 1.82) is 0 Å². The van der Waals surface area contributed by atoms with Crippen molar-refractivity contribution in [3.63, 3.8) is 0 Å². The minimum Gasteiger partial charge on any atom is -0.870 e. The van der Waals surface area contributed by atoms with Gasteiger partial charge in [0.1, 0.15) is 6.29 Å². The molecule has 3 unspecified atom stereocenters. The van der Waals surface area contributed by atoms with E-state index >= 15 is 0 Å². The molecule has 1 saturated heterocycles. The van der Waals surface area contributed by atoms with E-state index in [0.29, 0.717) is 32.3 Å². The normalized spacial score (nSPS) is 18.4. The average molecular weight is 766 g/mol. The van der Waals surface area contributed by atoms with Crippen molar-refractivity contribution in [2.24, 2.45) is 5.92 Å². The molecule has 1 saturated carbocycles. The SMILES string of the molecule is CC.CN(OC(=O)C1CCCC1NC(=O)C1CCCN1)C(=O)CCC=O.CNC=O.Cc1ccc2c(c1)B(O)OC2.OB1OCc2cc[c-]cc21.[K+].[OH-]. The Morgan fingerprint density at radius 1 is 1.04 bits per heavy atom. The van der Waals surface area contributed by atoms with Gasteiger partial charge in [-0.3, -0.25) is 14.4 Å². The molecule has 18 heteroatoms. The predicted molar refractivity (Wildman–Crippen MR) is 194 cm³/mol. The van der Waals surface area contributed by atoms with Gasteiger partial charge in [0.05, 0.1) is 18.6 Å². The van der Waals surface area contributed by atoms with E-state index < -0.39 is 32.0 Å². The van der Waals surface area contributed by atoms with Crippen LogP contribution < -0.4 is 78.3 Å². The van der Waals surface area contributed by atoms with Crippen LogP contribution in [0.5, 0.6) is 0 Å². The van der Waals surface area contributed by atoms with Gasteiger partial charge in [0.25, 0.3) is 5.91 Å². The summed E-state index contributed by atoms with van der Waals surface area (Å²) in [5.74, 6) is -1.47. The number of carbonyl (C=O) groups is 5. The Bertz CT molecular complexity index is 1420. The van der Waals surface area contributed by atoms with Gasteiger partial charge in [-0.2, -0.15) is 29.3 Å². The number of amides is 3. The van der Waals surface area contributed by atoms with Crippen LogP contribution >= 0.6 is 0 Å². The quantitative estimate of drug-likeness (QED) is 0.0827. The summed E-state index contributed by atoms with van der Waals surface area (Å²) in [6.07, 6.45) is 5.32. The number of hydroxylamine groups is 2. The van der Waals surface area contributed by atoms with Crippen molar-refractivity contribution in [2.75, 3.05) is 20.6 Å². The molecule has 6 rings (SSSR count). The van der Waals surface area contributed by atoms with Gasteiger partial charge < -0.3 is 50.4 Å². The maximum Gasteiger partial charge on any atom is 1.00 e. The summed E-state index contributed by atoms with van der Waals surface area (Å²) in [4.78, 5) is 60.6. The van der Waals surface area contributed by atoms with Crippen molar-refractivity contribution in [3.05, 3.63) is 59.2 Å². The molecule has 3 aliphatic heterocycles. The van der Waals surface area contributed by atoms with Crippen LogP contribution in [0.2, 0.25) is 0 Å². The largest absolute Gasteiger partial charge is 1.00 e. The Morgan fingerprint density at radius 3 is 2.26 bits per heavy atom. The number of benzene rings is 2. The standard InChI is InChI=1S/C16H25N3O5.C8H9BO2.C7H6BO2.C2H5NO.C2H6.K.H2O/c1-19(14(21)8-4-10-20)24-16(23)11-5-2-6-12(11)18-15(22)13-7-3-9-17-13;1-6-2-3-7-5-11-9(10)8(7)4-6;9-8-7-4-2-1-3-6(7)5-10-8;1-3-2-4;1-2;;/h10-13,17H,2-9H2,1H3,(H,18,22);2-4,10H,5H2,1H3;1,3-4,9H,5H2;2H,1H3,(H,3,4);1-2H3;;1H2/q;;-1;;;+1;/p-1. The van der Waals surface area contributed by atoms with E-state index in [0.717, 1.165) is 64.9 Å². The van der Waals surface area contributed by atoms with Crippen molar-refractivity contribution in [2.45, 2.75) is 91.0 Å². The second-order valence-electron chi connectivity index (χ2n) is 11.9. The molecule has 0 radical (unpaired) electrons. The van der Waals surface area contributed by atoms with Crippen LogP contribution in [0, 0.1) is 18.9 Å². The summed E-state index contributed by atoms with van der Waals surface area (Å²) < 4.78 is 9.99. The number of rotatable bonds is 7. The molecular weight excluding hydrogens is 713 g/mol. The van der Waals surface area contributed by atoms with Gasteiger partial charge in [0, 0.05) is 39.6 Å². The van der Waals surface area contributed by atoms with E-state index in [1.807, 2.05) is 51.1 Å². The first-order chi connectivity index (χ1) is 24.6. The van der Waals surface area contributed by atoms with Crippen LogP contribution in [-0.4, -0.2) is 98.0 Å². The van der Waals surface area contributed by atoms with E-state index in [-0.39, 0.29) is 87.7 Å². The minimum absolute atomic E-state index is 0. The van der Waals surface area contributed by atoms with Gasteiger partial charge >= 0.3 is 71.6 Å². The average Bonchev–Trinajstić information content (AvgIpc) is 3.98. The Balaban J connectivity index is 0.000000772. The topological polar surface area (TPSA) is 223 Å². The van der Waals surface area contributed by atoms with Crippen molar-refractivity contribution in [1.82, 2.24) is 21.0 Å². The van der Waals surface area contributed by atoms with Crippen LogP contribution in [0.3, 0.4) is 0 Å². The third-order valence-electron chi connectivity index (χ3n) is 8.31. The first-order valence-electron chi connectivity index (χ1n) is 17.3. The van der Waals surface area contributed by atoms with Crippen LogP contribution in [0.25, 0.3) is 0 Å². The number of nitrogens with one attached hydrogen (secondary N) is 3. The van der Waals surface area contributed by atoms with Crippen LogP contribution in [0.4, 0.5) is 0 Å². The van der Waals surface area contributed by atoms with Crippen LogP contribution in [-0.2, 0) is 51.3 Å². The van der Waals surface area contributed by atoms with Crippen molar-refractivity contribution < 1.29 is 105 Å². The molecule has 2 fully saturated rings. The van der Waals surface area contributed by atoms with Crippen LogP contribution in [0.15, 0.2) is 36.4 Å². The Kier molecular flexibility index (Phi) is 26.7. The zero-order valence-corrected chi connectivity index (χ0v) is 34.8. The van der Waals surface area contributed by atoms with E-state index in [9.17, 15) is 24.2 Å². The fraction of sp³-hybridized carbons (Fsp3) is 0.514. The second kappa shape index (κ2) is 28.0. The number of nitrogens with zero attached hydrogens (tertiary/aromatic N) is 1. The molecule has 15 nitrogen and oxygen atoms in total. The Hall–Kier alpha value is -2.48. The monoisotopic (exact) mass is 765 g/mol. The molecule has 3 amide bonds. The number of aldehydes is 1. The van der Waals surface area contributed by atoms with Gasteiger partial charge in [-0.15, -0.1) is 11.0 Å². The summed E-state index contributed by atoms with van der Waals surface area (Å²) in [5, 5.41) is 27.6. The smallest absolute Gasteiger partial charge is 0.870 e. The molecule has 53 heavy (non-hydrogen) atoms. The minimum atomic E-state index is -0.729. The summed E-state index contributed by atoms with van der Waals surface area (Å²) in [7, 11) is 1.49.